The van der Waals surface area contributed by atoms with Crippen molar-refractivity contribution in [3.8, 4) is 6.07 Å². The molecule has 0 rings (SSSR count). The van der Waals surface area contributed by atoms with E-state index in [2.05, 4.69) is 25.2 Å². The molecule has 1 atom stereocenters. The topological polar surface area (TPSA) is 45.0 Å². The molecular weight excluding hydrogens is 164 g/mol. The van der Waals surface area contributed by atoms with E-state index in [9.17, 15) is 0 Å². The zero-order valence-corrected chi connectivity index (χ0v) is 9.05. The first-order valence-electron chi connectivity index (χ1n) is 4.78. The van der Waals surface area contributed by atoms with Gasteiger partial charge < -0.3 is 4.74 Å². The van der Waals surface area contributed by atoms with Crippen molar-refractivity contribution in [3.63, 3.8) is 0 Å². The van der Waals surface area contributed by atoms with E-state index in [-0.39, 0.29) is 0 Å². The van der Waals surface area contributed by atoms with Gasteiger partial charge in [-0.2, -0.15) is 5.26 Å². The number of nitrogens with one attached hydrogen (secondary N) is 1. The van der Waals surface area contributed by atoms with Gasteiger partial charge in [0.2, 0.25) is 0 Å². The fourth-order valence-corrected chi connectivity index (χ4v) is 0.858. The van der Waals surface area contributed by atoms with Gasteiger partial charge in [-0.25, -0.2) is 0 Å². The van der Waals surface area contributed by atoms with E-state index in [4.69, 9.17) is 10.00 Å². The third-order valence-electron chi connectivity index (χ3n) is 1.74. The first-order valence-corrected chi connectivity index (χ1v) is 4.78. The number of hydrogen-bond acceptors (Lipinski definition) is 3. The van der Waals surface area contributed by atoms with E-state index < -0.39 is 5.54 Å². The average molecular weight is 184 g/mol. The second kappa shape index (κ2) is 5.95. The van der Waals surface area contributed by atoms with Crippen LogP contribution >= 0.6 is 0 Å². The smallest absolute Gasteiger partial charge is 0.127 e. The number of nitrogens with zero attached hydrogens (tertiary/aromatic N) is 1. The number of ether oxygens (including phenoxy) is 1. The highest BCUT2D eigenvalue weighted by Gasteiger charge is 2.23. The lowest BCUT2D eigenvalue weighted by Crippen LogP contribution is -2.46. The van der Waals surface area contributed by atoms with Crippen LogP contribution in [0.4, 0.5) is 0 Å². The highest BCUT2D eigenvalue weighted by atomic mass is 16.5. The predicted molar refractivity (Wildman–Crippen MR) is 53.4 cm³/mol. The molecule has 0 saturated heterocycles. The molecule has 0 amide bonds. The maximum absolute atomic E-state index is 8.93. The summed E-state index contributed by atoms with van der Waals surface area (Å²) >= 11 is 0. The lowest BCUT2D eigenvalue weighted by atomic mass is 10.1. The molecule has 1 N–H and O–H groups in total. The number of hydrogen-bond donors (Lipinski definition) is 1. The molecule has 0 bridgehead atoms. The third-order valence-corrected chi connectivity index (χ3v) is 1.74. The maximum atomic E-state index is 8.93. The molecule has 0 radical (unpaired) electrons. The summed E-state index contributed by atoms with van der Waals surface area (Å²) in [5, 5.41) is 12.1. The largest absolute Gasteiger partial charge is 0.379 e. The normalized spacial score (nSPS) is 15.4. The van der Waals surface area contributed by atoms with E-state index in [1.165, 1.54) is 0 Å². The average Bonchev–Trinajstić information content (AvgIpc) is 2.11. The predicted octanol–water partition coefficient (Wildman–Crippen LogP) is 1.55. The minimum atomic E-state index is -0.541. The Labute approximate surface area is 81.1 Å². The first-order chi connectivity index (χ1) is 6.04. The molecule has 0 heterocycles. The number of nitriles is 1. The molecule has 0 saturated carbocycles. The Morgan fingerprint density at radius 1 is 1.54 bits per heavy atom. The Morgan fingerprint density at radius 2 is 2.15 bits per heavy atom. The van der Waals surface area contributed by atoms with Gasteiger partial charge in [-0.15, -0.1) is 0 Å². The Hall–Kier alpha value is -0.590. The van der Waals surface area contributed by atoms with Gasteiger partial charge >= 0.3 is 0 Å². The Bertz CT molecular complexity index is 174. The lowest BCUT2D eigenvalue weighted by molar-refractivity contribution is 0.104. The summed E-state index contributed by atoms with van der Waals surface area (Å²) in [4.78, 5) is 0. The van der Waals surface area contributed by atoms with Crippen molar-refractivity contribution >= 4 is 0 Å². The van der Waals surface area contributed by atoms with Crippen molar-refractivity contribution in [3.05, 3.63) is 0 Å². The molecule has 0 aromatic carbocycles. The molecule has 3 heteroatoms. The van der Waals surface area contributed by atoms with Crippen LogP contribution in [0.2, 0.25) is 0 Å². The molecule has 0 spiro atoms. The van der Waals surface area contributed by atoms with Crippen molar-refractivity contribution in [1.29, 1.82) is 5.26 Å². The van der Waals surface area contributed by atoms with Crippen LogP contribution in [0.25, 0.3) is 0 Å². The summed E-state index contributed by atoms with van der Waals surface area (Å²) < 4.78 is 5.24. The van der Waals surface area contributed by atoms with Crippen molar-refractivity contribution in [2.24, 2.45) is 5.92 Å². The molecule has 13 heavy (non-hydrogen) atoms. The third kappa shape index (κ3) is 5.62. The molecule has 0 fully saturated rings. The van der Waals surface area contributed by atoms with E-state index in [1.807, 2.05) is 13.8 Å². The molecule has 1 unspecified atom stereocenters. The van der Waals surface area contributed by atoms with Crippen LogP contribution in [0.1, 0.15) is 27.7 Å². The van der Waals surface area contributed by atoms with Gasteiger partial charge in [0.05, 0.1) is 12.7 Å². The van der Waals surface area contributed by atoms with Crippen LogP contribution in [0, 0.1) is 17.2 Å². The van der Waals surface area contributed by atoms with Gasteiger partial charge in [-0.1, -0.05) is 13.8 Å². The monoisotopic (exact) mass is 184 g/mol. The minimum Gasteiger partial charge on any atom is -0.379 e. The zero-order chi connectivity index (χ0) is 10.3. The molecule has 0 aromatic rings. The van der Waals surface area contributed by atoms with Crippen molar-refractivity contribution in [1.82, 2.24) is 5.32 Å². The summed E-state index contributed by atoms with van der Waals surface area (Å²) in [5.74, 6) is 0.550. The summed E-state index contributed by atoms with van der Waals surface area (Å²) in [6, 6.07) is 2.23. The fraction of sp³-hybridized carbons (Fsp3) is 0.900. The summed E-state index contributed by atoms with van der Waals surface area (Å²) in [7, 11) is 0. The highest BCUT2D eigenvalue weighted by Crippen LogP contribution is 2.03. The number of rotatable bonds is 6. The van der Waals surface area contributed by atoms with Crippen LogP contribution < -0.4 is 5.32 Å². The summed E-state index contributed by atoms with van der Waals surface area (Å²) in [6.45, 7) is 9.98. The highest BCUT2D eigenvalue weighted by molar-refractivity contribution is 5.03. The van der Waals surface area contributed by atoms with Crippen molar-refractivity contribution in [2.45, 2.75) is 33.2 Å². The summed E-state index contributed by atoms with van der Waals surface area (Å²) in [6.07, 6.45) is 0. The SMILES string of the molecule is CCOCC(C)(C#N)NCC(C)C. The van der Waals surface area contributed by atoms with Crippen LogP contribution in [-0.2, 0) is 4.74 Å². The van der Waals surface area contributed by atoms with Gasteiger partial charge in [0.25, 0.3) is 0 Å². The molecule has 0 aromatic heterocycles. The standard InChI is InChI=1S/C10H20N2O/c1-5-13-8-10(4,7-11)12-6-9(2)3/h9,12H,5-6,8H2,1-4H3. The molecule has 0 aliphatic rings. The van der Waals surface area contributed by atoms with Crippen molar-refractivity contribution in [2.75, 3.05) is 19.8 Å². The van der Waals surface area contributed by atoms with Gasteiger partial charge in [-0.05, 0) is 26.3 Å². The lowest BCUT2D eigenvalue weighted by Gasteiger charge is -2.23. The second-order valence-corrected chi connectivity index (χ2v) is 3.86. The van der Waals surface area contributed by atoms with E-state index in [1.54, 1.807) is 0 Å². The van der Waals surface area contributed by atoms with Crippen LogP contribution in [0.3, 0.4) is 0 Å². The fourth-order valence-electron chi connectivity index (χ4n) is 0.858. The summed E-state index contributed by atoms with van der Waals surface area (Å²) in [5.41, 5.74) is -0.541. The zero-order valence-electron chi connectivity index (χ0n) is 9.05. The van der Waals surface area contributed by atoms with Crippen LogP contribution in [0.15, 0.2) is 0 Å². The van der Waals surface area contributed by atoms with Gasteiger partial charge in [0.15, 0.2) is 0 Å². The molecule has 0 aliphatic heterocycles. The molecule has 76 valence electrons. The van der Waals surface area contributed by atoms with Crippen LogP contribution in [0.5, 0.6) is 0 Å². The van der Waals surface area contributed by atoms with Crippen LogP contribution in [-0.4, -0.2) is 25.3 Å². The molecular formula is C10H20N2O. The van der Waals surface area contributed by atoms with E-state index in [0.717, 1.165) is 6.54 Å². The molecule has 3 nitrogen and oxygen atoms in total. The second-order valence-electron chi connectivity index (χ2n) is 3.86. The minimum absolute atomic E-state index is 0.451. The quantitative estimate of drug-likeness (QED) is 0.681. The van der Waals surface area contributed by atoms with Gasteiger partial charge in [-0.3, -0.25) is 5.32 Å². The van der Waals surface area contributed by atoms with Crippen molar-refractivity contribution < 1.29 is 4.74 Å². The Balaban J connectivity index is 3.90. The Kier molecular flexibility index (Phi) is 5.68. The van der Waals surface area contributed by atoms with Gasteiger partial charge in [0, 0.05) is 6.61 Å². The first kappa shape index (κ1) is 12.4. The van der Waals surface area contributed by atoms with E-state index >= 15 is 0 Å². The Morgan fingerprint density at radius 3 is 2.54 bits per heavy atom. The van der Waals surface area contributed by atoms with E-state index in [0.29, 0.717) is 19.1 Å². The van der Waals surface area contributed by atoms with Gasteiger partial charge in [0.1, 0.15) is 5.54 Å². The maximum Gasteiger partial charge on any atom is 0.127 e. The molecule has 0 aliphatic carbocycles.